The molecule has 0 aromatic heterocycles. The third-order valence-corrected chi connectivity index (χ3v) is 2.85. The zero-order chi connectivity index (χ0) is 10.5. The molecule has 2 nitrogen and oxygen atoms in total. The number of aryl methyl sites for hydroxylation is 1. The molecule has 0 saturated carbocycles. The average Bonchev–Trinajstić information content (AvgIpc) is 2.73. The molecule has 1 aliphatic heterocycles. The molecule has 82 valence electrons. The highest BCUT2D eigenvalue weighted by Gasteiger charge is 2.14. The van der Waals surface area contributed by atoms with E-state index in [1.54, 1.807) is 0 Å². The summed E-state index contributed by atoms with van der Waals surface area (Å²) in [6.45, 7) is 5.16. The standard InChI is InChI=1S/C13H19NO/c1-2-14-9-4-7-11-5-3-6-12-8-10-15-13(11)12/h3,5-6,14H,2,4,7-10H2,1H3. The van der Waals surface area contributed by atoms with E-state index < -0.39 is 0 Å². The molecule has 1 aromatic rings. The lowest BCUT2D eigenvalue weighted by Gasteiger charge is -2.07. The number of benzene rings is 1. The van der Waals surface area contributed by atoms with Crippen molar-refractivity contribution < 1.29 is 4.74 Å². The fourth-order valence-electron chi connectivity index (χ4n) is 2.06. The van der Waals surface area contributed by atoms with Gasteiger partial charge < -0.3 is 10.1 Å². The van der Waals surface area contributed by atoms with Crippen molar-refractivity contribution in [2.75, 3.05) is 19.7 Å². The van der Waals surface area contributed by atoms with Gasteiger partial charge >= 0.3 is 0 Å². The van der Waals surface area contributed by atoms with Crippen molar-refractivity contribution in [2.45, 2.75) is 26.2 Å². The first-order valence-electron chi connectivity index (χ1n) is 5.86. The highest BCUT2D eigenvalue weighted by molar-refractivity contribution is 5.43. The number of nitrogens with one attached hydrogen (secondary N) is 1. The Bertz CT molecular complexity index is 322. The van der Waals surface area contributed by atoms with Gasteiger partial charge in [-0.25, -0.2) is 0 Å². The van der Waals surface area contributed by atoms with Crippen molar-refractivity contribution >= 4 is 0 Å². The monoisotopic (exact) mass is 205 g/mol. The molecule has 1 N–H and O–H groups in total. The number of rotatable bonds is 5. The fourth-order valence-corrected chi connectivity index (χ4v) is 2.06. The molecule has 0 unspecified atom stereocenters. The molecule has 0 spiro atoms. The van der Waals surface area contributed by atoms with Gasteiger partial charge in [-0.05, 0) is 37.1 Å². The minimum atomic E-state index is 0.861. The van der Waals surface area contributed by atoms with E-state index in [2.05, 4.69) is 30.4 Å². The van der Waals surface area contributed by atoms with E-state index in [1.165, 1.54) is 17.5 Å². The molecule has 0 amide bonds. The Morgan fingerprint density at radius 2 is 2.33 bits per heavy atom. The van der Waals surface area contributed by atoms with Crippen molar-refractivity contribution in [3.8, 4) is 5.75 Å². The maximum absolute atomic E-state index is 5.67. The van der Waals surface area contributed by atoms with Crippen LogP contribution in [0.5, 0.6) is 5.75 Å². The summed E-state index contributed by atoms with van der Waals surface area (Å²) in [5, 5.41) is 3.35. The molecule has 2 heteroatoms. The van der Waals surface area contributed by atoms with Crippen LogP contribution in [0.15, 0.2) is 18.2 Å². The Hall–Kier alpha value is -1.02. The highest BCUT2D eigenvalue weighted by Crippen LogP contribution is 2.29. The first-order valence-corrected chi connectivity index (χ1v) is 5.86. The third-order valence-electron chi connectivity index (χ3n) is 2.85. The summed E-state index contributed by atoms with van der Waals surface area (Å²) < 4.78 is 5.67. The van der Waals surface area contributed by atoms with Crippen molar-refractivity contribution in [3.63, 3.8) is 0 Å². The van der Waals surface area contributed by atoms with Crippen LogP contribution in [0.25, 0.3) is 0 Å². The molecular weight excluding hydrogens is 186 g/mol. The molecule has 2 rings (SSSR count). The van der Waals surface area contributed by atoms with Crippen LogP contribution in [0.4, 0.5) is 0 Å². The molecule has 0 bridgehead atoms. The summed E-state index contributed by atoms with van der Waals surface area (Å²) in [5.41, 5.74) is 2.76. The summed E-state index contributed by atoms with van der Waals surface area (Å²) in [7, 11) is 0. The molecule has 0 atom stereocenters. The largest absolute Gasteiger partial charge is 0.493 e. The van der Waals surface area contributed by atoms with Gasteiger partial charge in [-0.3, -0.25) is 0 Å². The van der Waals surface area contributed by atoms with Crippen LogP contribution in [-0.4, -0.2) is 19.7 Å². The lowest BCUT2D eigenvalue weighted by Crippen LogP contribution is -2.14. The lowest BCUT2D eigenvalue weighted by atomic mass is 10.0. The second-order valence-electron chi connectivity index (χ2n) is 3.96. The van der Waals surface area contributed by atoms with Gasteiger partial charge in [0.15, 0.2) is 0 Å². The number of fused-ring (bicyclic) bond motifs is 1. The first kappa shape index (κ1) is 10.5. The SMILES string of the molecule is CCNCCCc1cccc2c1OCC2. The fraction of sp³-hybridized carbons (Fsp3) is 0.538. The van der Waals surface area contributed by atoms with Gasteiger partial charge in [-0.2, -0.15) is 0 Å². The number of para-hydroxylation sites is 1. The minimum absolute atomic E-state index is 0.861. The molecule has 0 radical (unpaired) electrons. The number of ether oxygens (including phenoxy) is 1. The molecule has 0 saturated heterocycles. The Kier molecular flexibility index (Phi) is 3.62. The molecule has 1 aromatic carbocycles. The van der Waals surface area contributed by atoms with E-state index >= 15 is 0 Å². The average molecular weight is 205 g/mol. The molecule has 0 aliphatic carbocycles. The maximum atomic E-state index is 5.67. The Labute approximate surface area is 91.6 Å². The van der Waals surface area contributed by atoms with E-state index in [4.69, 9.17) is 4.74 Å². The van der Waals surface area contributed by atoms with Gasteiger partial charge in [0.1, 0.15) is 5.75 Å². The van der Waals surface area contributed by atoms with Gasteiger partial charge in [-0.1, -0.05) is 25.1 Å². The van der Waals surface area contributed by atoms with E-state index in [0.29, 0.717) is 0 Å². The molecule has 0 fully saturated rings. The molecule has 15 heavy (non-hydrogen) atoms. The van der Waals surface area contributed by atoms with E-state index in [9.17, 15) is 0 Å². The normalized spacial score (nSPS) is 13.7. The summed E-state index contributed by atoms with van der Waals surface area (Å²) in [6.07, 6.45) is 3.39. The van der Waals surface area contributed by atoms with Crippen LogP contribution in [-0.2, 0) is 12.8 Å². The van der Waals surface area contributed by atoms with Crippen molar-refractivity contribution in [3.05, 3.63) is 29.3 Å². The van der Waals surface area contributed by atoms with E-state index in [-0.39, 0.29) is 0 Å². The van der Waals surface area contributed by atoms with E-state index in [0.717, 1.165) is 38.3 Å². The Balaban J connectivity index is 1.94. The number of hydrogen-bond donors (Lipinski definition) is 1. The Morgan fingerprint density at radius 3 is 3.20 bits per heavy atom. The predicted molar refractivity (Wildman–Crippen MR) is 62.5 cm³/mol. The summed E-state index contributed by atoms with van der Waals surface area (Å²) in [4.78, 5) is 0. The van der Waals surface area contributed by atoms with Gasteiger partial charge in [0.05, 0.1) is 6.61 Å². The zero-order valence-corrected chi connectivity index (χ0v) is 9.38. The number of hydrogen-bond acceptors (Lipinski definition) is 2. The van der Waals surface area contributed by atoms with Crippen LogP contribution in [0, 0.1) is 0 Å². The summed E-state index contributed by atoms with van der Waals surface area (Å²) in [6, 6.07) is 6.52. The molecule has 1 aliphatic rings. The van der Waals surface area contributed by atoms with E-state index in [1.807, 2.05) is 0 Å². The zero-order valence-electron chi connectivity index (χ0n) is 9.38. The molecular formula is C13H19NO. The van der Waals surface area contributed by atoms with Crippen LogP contribution >= 0.6 is 0 Å². The lowest BCUT2D eigenvalue weighted by molar-refractivity contribution is 0.353. The van der Waals surface area contributed by atoms with Gasteiger partial charge in [0.25, 0.3) is 0 Å². The van der Waals surface area contributed by atoms with Gasteiger partial charge in [-0.15, -0.1) is 0 Å². The van der Waals surface area contributed by atoms with Crippen LogP contribution in [0.3, 0.4) is 0 Å². The summed E-state index contributed by atoms with van der Waals surface area (Å²) in [5.74, 6) is 1.16. The topological polar surface area (TPSA) is 21.3 Å². The van der Waals surface area contributed by atoms with Gasteiger partial charge in [0.2, 0.25) is 0 Å². The Morgan fingerprint density at radius 1 is 1.40 bits per heavy atom. The van der Waals surface area contributed by atoms with Crippen LogP contribution in [0.1, 0.15) is 24.5 Å². The maximum Gasteiger partial charge on any atom is 0.125 e. The predicted octanol–water partition coefficient (Wildman–Crippen LogP) is 2.16. The van der Waals surface area contributed by atoms with Crippen molar-refractivity contribution in [1.29, 1.82) is 0 Å². The van der Waals surface area contributed by atoms with Crippen molar-refractivity contribution in [1.82, 2.24) is 5.32 Å². The highest BCUT2D eigenvalue weighted by atomic mass is 16.5. The quantitative estimate of drug-likeness (QED) is 0.744. The smallest absolute Gasteiger partial charge is 0.125 e. The van der Waals surface area contributed by atoms with Crippen LogP contribution in [0.2, 0.25) is 0 Å². The second-order valence-corrected chi connectivity index (χ2v) is 3.96. The second kappa shape index (κ2) is 5.17. The van der Waals surface area contributed by atoms with Crippen molar-refractivity contribution in [2.24, 2.45) is 0 Å². The third kappa shape index (κ3) is 2.51. The van der Waals surface area contributed by atoms with Crippen LogP contribution < -0.4 is 10.1 Å². The molecule has 1 heterocycles. The minimum Gasteiger partial charge on any atom is -0.493 e. The first-order chi connectivity index (χ1) is 7.42. The summed E-state index contributed by atoms with van der Waals surface area (Å²) >= 11 is 0. The van der Waals surface area contributed by atoms with Gasteiger partial charge in [0, 0.05) is 6.42 Å².